The molecule has 0 bridgehead atoms. The predicted molar refractivity (Wildman–Crippen MR) is 38.9 cm³/mol. The molecule has 3 nitrogen and oxygen atoms in total. The van der Waals surface area contributed by atoms with Crippen molar-refractivity contribution in [1.29, 1.82) is 0 Å². The predicted octanol–water partition coefficient (Wildman–Crippen LogP) is -0.302. The summed E-state index contributed by atoms with van der Waals surface area (Å²) in [5, 5.41) is 8.75. The van der Waals surface area contributed by atoms with Crippen LogP contribution in [0, 0.1) is 0 Å². The highest BCUT2D eigenvalue weighted by Gasteiger charge is 2.29. The summed E-state index contributed by atoms with van der Waals surface area (Å²) in [6.07, 6.45) is 0.397. The van der Waals surface area contributed by atoms with E-state index >= 15 is 0 Å². The molecule has 0 spiro atoms. The highest BCUT2D eigenvalue weighted by molar-refractivity contribution is 4.83. The molecule has 3 heteroatoms. The van der Waals surface area contributed by atoms with Crippen LogP contribution in [0.1, 0.15) is 6.92 Å². The highest BCUT2D eigenvalue weighted by Crippen LogP contribution is 2.13. The minimum absolute atomic E-state index is 0.246. The second-order valence-corrected chi connectivity index (χ2v) is 2.84. The Kier molecular flexibility index (Phi) is 2.65. The van der Waals surface area contributed by atoms with Gasteiger partial charge in [0.1, 0.15) is 0 Å². The number of ether oxygens (including phenoxy) is 1. The largest absolute Gasteiger partial charge is 0.395 e. The number of rotatable bonds is 3. The van der Waals surface area contributed by atoms with Gasteiger partial charge in [-0.15, -0.1) is 0 Å². The number of hydrogen-bond acceptors (Lipinski definition) is 3. The molecular weight excluding hydrogens is 130 g/mol. The van der Waals surface area contributed by atoms with Crippen LogP contribution in [0.4, 0.5) is 0 Å². The lowest BCUT2D eigenvalue weighted by atomic mass is 10.1. The zero-order valence-corrected chi connectivity index (χ0v) is 6.58. The monoisotopic (exact) mass is 145 g/mol. The van der Waals surface area contributed by atoms with Gasteiger partial charge in [0, 0.05) is 26.2 Å². The number of methoxy groups -OCH3 is 1. The van der Waals surface area contributed by atoms with E-state index in [0.717, 1.165) is 13.1 Å². The van der Waals surface area contributed by atoms with Crippen LogP contribution in [0.2, 0.25) is 0 Å². The normalized spacial score (nSPS) is 24.3. The number of nitrogens with zero attached hydrogens (tertiary/aromatic N) is 1. The van der Waals surface area contributed by atoms with Crippen molar-refractivity contribution in [1.82, 2.24) is 4.90 Å². The molecule has 60 valence electrons. The van der Waals surface area contributed by atoms with Gasteiger partial charge in [-0.05, 0) is 6.92 Å². The Hall–Kier alpha value is -0.120. The van der Waals surface area contributed by atoms with Crippen LogP contribution in [-0.2, 0) is 4.74 Å². The summed E-state index contributed by atoms with van der Waals surface area (Å²) in [7, 11) is 1.73. The molecule has 0 aromatic heterocycles. The van der Waals surface area contributed by atoms with E-state index in [2.05, 4.69) is 4.90 Å². The van der Waals surface area contributed by atoms with E-state index in [4.69, 9.17) is 9.84 Å². The minimum Gasteiger partial charge on any atom is -0.395 e. The van der Waals surface area contributed by atoms with Crippen LogP contribution >= 0.6 is 0 Å². The maximum Gasteiger partial charge on any atom is 0.0825 e. The first-order valence-electron chi connectivity index (χ1n) is 3.65. The molecule has 10 heavy (non-hydrogen) atoms. The third-order valence-electron chi connectivity index (χ3n) is 2.10. The third-order valence-corrected chi connectivity index (χ3v) is 2.10. The molecule has 1 rings (SSSR count). The fourth-order valence-corrected chi connectivity index (χ4v) is 1.09. The summed E-state index contributed by atoms with van der Waals surface area (Å²) in [4.78, 5) is 2.20. The van der Waals surface area contributed by atoms with Gasteiger partial charge in [-0.3, -0.25) is 4.90 Å². The van der Waals surface area contributed by atoms with Gasteiger partial charge in [-0.25, -0.2) is 0 Å². The third kappa shape index (κ3) is 1.48. The molecule has 1 atom stereocenters. The van der Waals surface area contributed by atoms with Crippen LogP contribution < -0.4 is 0 Å². The Morgan fingerprint density at radius 3 is 2.70 bits per heavy atom. The summed E-state index contributed by atoms with van der Waals surface area (Å²) in [6, 6.07) is 0.298. The Morgan fingerprint density at radius 2 is 2.30 bits per heavy atom. The van der Waals surface area contributed by atoms with Crippen molar-refractivity contribution >= 4 is 0 Å². The molecule has 1 N–H and O–H groups in total. The Balaban J connectivity index is 2.13. The number of aliphatic hydroxyl groups is 1. The van der Waals surface area contributed by atoms with E-state index in [1.807, 2.05) is 6.92 Å². The second-order valence-electron chi connectivity index (χ2n) is 2.84. The van der Waals surface area contributed by atoms with Gasteiger partial charge in [0.2, 0.25) is 0 Å². The smallest absolute Gasteiger partial charge is 0.0825 e. The number of hydrogen-bond donors (Lipinski definition) is 1. The standard InChI is InChI=1S/C7H15NO2/c1-6(5-9)8-3-7(4-8)10-2/h6-7,9H,3-5H2,1-2H3/t6-/m1/s1. The van der Waals surface area contributed by atoms with Crippen molar-refractivity contribution in [2.75, 3.05) is 26.8 Å². The fourth-order valence-electron chi connectivity index (χ4n) is 1.09. The molecule has 0 aromatic rings. The van der Waals surface area contributed by atoms with Gasteiger partial charge < -0.3 is 9.84 Å². The quantitative estimate of drug-likeness (QED) is 0.591. The first-order valence-corrected chi connectivity index (χ1v) is 3.65. The summed E-state index contributed by atoms with van der Waals surface area (Å²) in [5.41, 5.74) is 0. The maximum atomic E-state index is 8.75. The lowest BCUT2D eigenvalue weighted by Gasteiger charge is -2.41. The van der Waals surface area contributed by atoms with Crippen molar-refractivity contribution in [2.45, 2.75) is 19.1 Å². The highest BCUT2D eigenvalue weighted by atomic mass is 16.5. The molecule has 0 amide bonds. The van der Waals surface area contributed by atoms with E-state index in [1.54, 1.807) is 7.11 Å². The van der Waals surface area contributed by atoms with Crippen LogP contribution in [-0.4, -0.2) is 49.0 Å². The molecule has 0 aromatic carbocycles. The van der Waals surface area contributed by atoms with Crippen molar-refractivity contribution in [3.63, 3.8) is 0 Å². The van der Waals surface area contributed by atoms with Gasteiger partial charge in [0.15, 0.2) is 0 Å². The molecule has 1 saturated heterocycles. The topological polar surface area (TPSA) is 32.7 Å². The van der Waals surface area contributed by atoms with Crippen LogP contribution in [0.25, 0.3) is 0 Å². The summed E-state index contributed by atoms with van der Waals surface area (Å²) >= 11 is 0. The van der Waals surface area contributed by atoms with Crippen molar-refractivity contribution in [3.8, 4) is 0 Å². The Labute approximate surface area is 61.6 Å². The molecular formula is C7H15NO2. The van der Waals surface area contributed by atoms with Crippen molar-refractivity contribution < 1.29 is 9.84 Å². The summed E-state index contributed by atoms with van der Waals surface area (Å²) in [6.45, 7) is 4.21. The Morgan fingerprint density at radius 1 is 1.70 bits per heavy atom. The molecule has 1 heterocycles. The van der Waals surface area contributed by atoms with Crippen LogP contribution in [0.3, 0.4) is 0 Å². The summed E-state index contributed by atoms with van der Waals surface area (Å²) < 4.78 is 5.09. The Bertz CT molecular complexity index is 102. The van der Waals surface area contributed by atoms with Crippen molar-refractivity contribution in [2.24, 2.45) is 0 Å². The maximum absolute atomic E-state index is 8.75. The van der Waals surface area contributed by atoms with E-state index in [9.17, 15) is 0 Å². The van der Waals surface area contributed by atoms with Gasteiger partial charge in [-0.1, -0.05) is 0 Å². The average Bonchev–Trinajstić information content (AvgIpc) is 1.85. The van der Waals surface area contributed by atoms with Gasteiger partial charge in [0.25, 0.3) is 0 Å². The molecule has 1 fully saturated rings. The average molecular weight is 145 g/mol. The van der Waals surface area contributed by atoms with Crippen LogP contribution in [0.5, 0.6) is 0 Å². The van der Waals surface area contributed by atoms with Gasteiger partial charge >= 0.3 is 0 Å². The summed E-state index contributed by atoms with van der Waals surface area (Å²) in [5.74, 6) is 0. The lowest BCUT2D eigenvalue weighted by Crippen LogP contribution is -2.56. The van der Waals surface area contributed by atoms with E-state index < -0.39 is 0 Å². The first-order chi connectivity index (χ1) is 4.77. The zero-order valence-electron chi connectivity index (χ0n) is 6.58. The molecule has 0 saturated carbocycles. The molecule has 0 radical (unpaired) electrons. The minimum atomic E-state index is 0.246. The van der Waals surface area contributed by atoms with Gasteiger partial charge in [-0.2, -0.15) is 0 Å². The molecule has 0 aliphatic carbocycles. The first kappa shape index (κ1) is 7.98. The van der Waals surface area contributed by atoms with E-state index in [0.29, 0.717) is 12.1 Å². The zero-order chi connectivity index (χ0) is 7.56. The van der Waals surface area contributed by atoms with Gasteiger partial charge in [0.05, 0.1) is 12.7 Å². The molecule has 1 aliphatic heterocycles. The second kappa shape index (κ2) is 3.32. The van der Waals surface area contributed by atoms with E-state index in [1.165, 1.54) is 0 Å². The SMILES string of the molecule is COC1CN([C@H](C)CO)C1. The number of aliphatic hydroxyl groups excluding tert-OH is 1. The number of likely N-dealkylation sites (tertiary alicyclic amines) is 1. The van der Waals surface area contributed by atoms with Crippen LogP contribution in [0.15, 0.2) is 0 Å². The van der Waals surface area contributed by atoms with Crippen molar-refractivity contribution in [3.05, 3.63) is 0 Å². The molecule has 1 aliphatic rings. The fraction of sp³-hybridized carbons (Fsp3) is 1.00. The lowest BCUT2D eigenvalue weighted by molar-refractivity contribution is -0.0561. The van der Waals surface area contributed by atoms with E-state index in [-0.39, 0.29) is 6.61 Å². The molecule has 0 unspecified atom stereocenters.